The first-order valence-electron chi connectivity index (χ1n) is 5.34. The maximum atomic E-state index is 11.7. The molecule has 0 saturated carbocycles. The van der Waals surface area contributed by atoms with Crippen molar-refractivity contribution in [3.8, 4) is 0 Å². The van der Waals surface area contributed by atoms with Gasteiger partial charge in [0.25, 0.3) is 0 Å². The van der Waals surface area contributed by atoms with Crippen molar-refractivity contribution in [1.82, 2.24) is 5.32 Å². The molecule has 1 N–H and O–H groups in total. The fraction of sp³-hybridized carbons (Fsp3) is 0.455. The summed E-state index contributed by atoms with van der Waals surface area (Å²) in [6.07, 6.45) is 1.26. The van der Waals surface area contributed by atoms with Crippen molar-refractivity contribution in [1.29, 1.82) is 0 Å². The van der Waals surface area contributed by atoms with Gasteiger partial charge in [-0.1, -0.05) is 12.1 Å². The molecule has 1 aromatic rings. The van der Waals surface area contributed by atoms with Crippen LogP contribution in [0.3, 0.4) is 0 Å². The summed E-state index contributed by atoms with van der Waals surface area (Å²) in [5.41, 5.74) is 0.825. The van der Waals surface area contributed by atoms with Gasteiger partial charge in [0.1, 0.15) is 0 Å². The zero-order chi connectivity index (χ0) is 11.6. The maximum absolute atomic E-state index is 11.7. The highest BCUT2D eigenvalue weighted by atomic mass is 35.5. The Hall–Kier alpha value is -0.780. The van der Waals surface area contributed by atoms with E-state index in [1.165, 1.54) is 6.26 Å². The van der Waals surface area contributed by atoms with Crippen molar-refractivity contribution in [3.05, 3.63) is 24.3 Å². The van der Waals surface area contributed by atoms with Crippen LogP contribution >= 0.6 is 12.4 Å². The highest BCUT2D eigenvalue weighted by Crippen LogP contribution is 2.24. The van der Waals surface area contributed by atoms with E-state index in [1.807, 2.05) is 12.1 Å². The predicted molar refractivity (Wildman–Crippen MR) is 71.9 cm³/mol. The fourth-order valence-corrected chi connectivity index (χ4v) is 2.84. The normalized spacial score (nSPS) is 16.4. The molecule has 0 spiro atoms. The lowest BCUT2D eigenvalue weighted by atomic mass is 10.2. The van der Waals surface area contributed by atoms with E-state index in [0.29, 0.717) is 4.90 Å². The minimum absolute atomic E-state index is 0. The summed E-state index contributed by atoms with van der Waals surface area (Å²) in [6.45, 7) is 3.51. The van der Waals surface area contributed by atoms with Crippen LogP contribution < -0.4 is 10.2 Å². The Morgan fingerprint density at radius 3 is 2.35 bits per heavy atom. The van der Waals surface area contributed by atoms with Gasteiger partial charge >= 0.3 is 0 Å². The summed E-state index contributed by atoms with van der Waals surface area (Å²) in [6, 6.07) is 7.20. The van der Waals surface area contributed by atoms with Gasteiger partial charge in [0.15, 0.2) is 9.84 Å². The topological polar surface area (TPSA) is 49.4 Å². The van der Waals surface area contributed by atoms with Crippen LogP contribution in [0.15, 0.2) is 29.2 Å². The van der Waals surface area contributed by atoms with Gasteiger partial charge in [-0.25, -0.2) is 8.42 Å². The quantitative estimate of drug-likeness (QED) is 0.873. The van der Waals surface area contributed by atoms with Gasteiger partial charge in [-0.05, 0) is 12.1 Å². The first kappa shape index (κ1) is 14.3. The number of nitrogens with zero attached hydrogens (tertiary/aromatic N) is 1. The first-order chi connectivity index (χ1) is 7.59. The number of hydrogen-bond donors (Lipinski definition) is 1. The molecule has 1 heterocycles. The van der Waals surface area contributed by atoms with Crippen LogP contribution in [-0.2, 0) is 9.84 Å². The van der Waals surface area contributed by atoms with Gasteiger partial charge in [0.05, 0.1) is 10.6 Å². The van der Waals surface area contributed by atoms with E-state index in [-0.39, 0.29) is 12.4 Å². The number of anilines is 1. The van der Waals surface area contributed by atoms with Crippen LogP contribution in [-0.4, -0.2) is 40.9 Å². The van der Waals surface area contributed by atoms with Crippen LogP contribution in [0, 0.1) is 0 Å². The molecular formula is C11H17ClN2O2S. The van der Waals surface area contributed by atoms with Crippen LogP contribution in [0.4, 0.5) is 5.69 Å². The number of nitrogens with one attached hydrogen (secondary N) is 1. The maximum Gasteiger partial charge on any atom is 0.177 e. The summed E-state index contributed by atoms with van der Waals surface area (Å²) in [5.74, 6) is 0. The van der Waals surface area contributed by atoms with Crippen LogP contribution in [0.2, 0.25) is 0 Å². The Kier molecular flexibility index (Phi) is 4.80. The number of piperazine rings is 1. The largest absolute Gasteiger partial charge is 0.368 e. The summed E-state index contributed by atoms with van der Waals surface area (Å²) >= 11 is 0. The molecule has 0 bridgehead atoms. The molecule has 2 rings (SSSR count). The second-order valence-electron chi connectivity index (χ2n) is 3.98. The molecule has 1 aromatic carbocycles. The summed E-state index contributed by atoms with van der Waals surface area (Å²) in [4.78, 5) is 2.55. The van der Waals surface area contributed by atoms with Crippen molar-refractivity contribution in [2.75, 3.05) is 37.3 Å². The third-order valence-corrected chi connectivity index (χ3v) is 3.87. The van der Waals surface area contributed by atoms with Gasteiger partial charge in [-0.3, -0.25) is 0 Å². The highest BCUT2D eigenvalue weighted by molar-refractivity contribution is 7.90. The van der Waals surface area contributed by atoms with Crippen LogP contribution in [0.25, 0.3) is 0 Å². The summed E-state index contributed by atoms with van der Waals surface area (Å²) in [5, 5.41) is 3.25. The number of sulfone groups is 1. The number of para-hydroxylation sites is 1. The number of benzene rings is 1. The SMILES string of the molecule is CS(=O)(=O)c1ccccc1N1CCNCC1.Cl. The second-order valence-corrected chi connectivity index (χ2v) is 5.96. The number of halogens is 1. The molecule has 0 radical (unpaired) electrons. The molecule has 1 saturated heterocycles. The molecule has 1 aliphatic rings. The number of hydrogen-bond acceptors (Lipinski definition) is 4. The Bertz CT molecular complexity index is 470. The van der Waals surface area contributed by atoms with Gasteiger partial charge in [0.2, 0.25) is 0 Å². The monoisotopic (exact) mass is 276 g/mol. The molecule has 17 heavy (non-hydrogen) atoms. The van der Waals surface area contributed by atoms with E-state index in [9.17, 15) is 8.42 Å². The van der Waals surface area contributed by atoms with Crippen LogP contribution in [0.5, 0.6) is 0 Å². The lowest BCUT2D eigenvalue weighted by molar-refractivity contribution is 0.581. The molecule has 0 aliphatic carbocycles. The Balaban J connectivity index is 0.00000144. The first-order valence-corrected chi connectivity index (χ1v) is 7.23. The molecule has 0 atom stereocenters. The molecule has 0 aromatic heterocycles. The zero-order valence-corrected chi connectivity index (χ0v) is 11.4. The summed E-state index contributed by atoms with van der Waals surface area (Å²) < 4.78 is 23.3. The van der Waals surface area contributed by atoms with E-state index in [4.69, 9.17) is 0 Å². The van der Waals surface area contributed by atoms with Crippen LogP contribution in [0.1, 0.15) is 0 Å². The molecule has 6 heteroatoms. The minimum atomic E-state index is -3.14. The average molecular weight is 277 g/mol. The van der Waals surface area contributed by atoms with E-state index >= 15 is 0 Å². The van der Waals surface area contributed by atoms with Gasteiger partial charge in [-0.15, -0.1) is 12.4 Å². The van der Waals surface area contributed by atoms with Crippen molar-refractivity contribution in [2.24, 2.45) is 0 Å². The average Bonchev–Trinajstić information content (AvgIpc) is 2.29. The van der Waals surface area contributed by atoms with Crippen molar-refractivity contribution < 1.29 is 8.42 Å². The zero-order valence-electron chi connectivity index (χ0n) is 9.72. The van der Waals surface area contributed by atoms with E-state index < -0.39 is 9.84 Å². The Labute approximate surface area is 108 Å². The molecule has 4 nitrogen and oxygen atoms in total. The third kappa shape index (κ3) is 3.34. The van der Waals surface area contributed by atoms with Crippen molar-refractivity contribution in [2.45, 2.75) is 4.90 Å². The number of rotatable bonds is 2. The highest BCUT2D eigenvalue weighted by Gasteiger charge is 2.18. The molecule has 1 fully saturated rings. The van der Waals surface area contributed by atoms with E-state index in [0.717, 1.165) is 31.9 Å². The fourth-order valence-electron chi connectivity index (χ4n) is 1.94. The predicted octanol–water partition coefficient (Wildman–Crippen LogP) is 0.921. The minimum Gasteiger partial charge on any atom is -0.368 e. The van der Waals surface area contributed by atoms with Gasteiger partial charge < -0.3 is 10.2 Å². The lowest BCUT2D eigenvalue weighted by Gasteiger charge is -2.30. The second kappa shape index (κ2) is 5.71. The lowest BCUT2D eigenvalue weighted by Crippen LogP contribution is -2.44. The third-order valence-electron chi connectivity index (χ3n) is 2.72. The van der Waals surface area contributed by atoms with E-state index in [2.05, 4.69) is 10.2 Å². The summed E-state index contributed by atoms with van der Waals surface area (Å²) in [7, 11) is -3.14. The Morgan fingerprint density at radius 2 is 1.76 bits per heavy atom. The Morgan fingerprint density at radius 1 is 1.18 bits per heavy atom. The standard InChI is InChI=1S/C11H16N2O2S.ClH/c1-16(14,15)11-5-3-2-4-10(11)13-8-6-12-7-9-13;/h2-5,12H,6-9H2,1H3;1H. The van der Waals surface area contributed by atoms with E-state index in [1.54, 1.807) is 12.1 Å². The smallest absolute Gasteiger partial charge is 0.177 e. The van der Waals surface area contributed by atoms with Crippen molar-refractivity contribution in [3.63, 3.8) is 0 Å². The molecular weight excluding hydrogens is 260 g/mol. The van der Waals surface area contributed by atoms with Gasteiger partial charge in [0, 0.05) is 32.4 Å². The van der Waals surface area contributed by atoms with Crippen molar-refractivity contribution >= 4 is 27.9 Å². The molecule has 0 amide bonds. The van der Waals surface area contributed by atoms with Gasteiger partial charge in [-0.2, -0.15) is 0 Å². The molecule has 0 unspecified atom stereocenters. The molecule has 96 valence electrons. The molecule has 1 aliphatic heterocycles.